The topological polar surface area (TPSA) is 55.1 Å². The summed E-state index contributed by atoms with van der Waals surface area (Å²) < 4.78 is 0. The third kappa shape index (κ3) is 4.06. The van der Waals surface area contributed by atoms with E-state index in [1.54, 1.807) is 0 Å². The summed E-state index contributed by atoms with van der Waals surface area (Å²) in [4.78, 5) is 12.1. The molecule has 2 rings (SSSR count). The molecule has 3 N–H and O–H groups in total. The minimum Gasteiger partial charge on any atom is -0.327 e. The number of carbonyl (C=O) groups excluding carboxylic acids is 1. The summed E-state index contributed by atoms with van der Waals surface area (Å²) in [5.41, 5.74) is 9.33. The second-order valence-electron chi connectivity index (χ2n) is 5.84. The van der Waals surface area contributed by atoms with E-state index in [0.29, 0.717) is 12.3 Å². The van der Waals surface area contributed by atoms with E-state index >= 15 is 0 Å². The van der Waals surface area contributed by atoms with Crippen LogP contribution < -0.4 is 11.1 Å². The second-order valence-corrected chi connectivity index (χ2v) is 5.84. The molecule has 2 unspecified atom stereocenters. The van der Waals surface area contributed by atoms with E-state index in [0.717, 1.165) is 18.5 Å². The highest BCUT2D eigenvalue weighted by Gasteiger charge is 2.24. The van der Waals surface area contributed by atoms with Crippen LogP contribution in [0.4, 0.5) is 5.69 Å². The van der Waals surface area contributed by atoms with Crippen LogP contribution in [-0.2, 0) is 4.79 Å². The Hall–Kier alpha value is -1.35. The lowest BCUT2D eigenvalue weighted by molar-refractivity contribution is -0.117. The first kappa shape index (κ1) is 14.1. The Morgan fingerprint density at radius 1 is 1.21 bits per heavy atom. The van der Waals surface area contributed by atoms with Crippen LogP contribution in [-0.4, -0.2) is 11.9 Å². The Balaban J connectivity index is 1.93. The van der Waals surface area contributed by atoms with Gasteiger partial charge < -0.3 is 11.1 Å². The third-order valence-electron chi connectivity index (χ3n) is 3.92. The molecule has 1 aliphatic rings. The lowest BCUT2D eigenvalue weighted by atomic mass is 9.83. The summed E-state index contributed by atoms with van der Waals surface area (Å²) in [5, 5.41) is 3.00. The van der Waals surface area contributed by atoms with Crippen LogP contribution in [0.1, 0.15) is 43.2 Å². The number of rotatable bonds is 3. The minimum absolute atomic E-state index is 0.0901. The molecule has 1 aromatic carbocycles. The number of amides is 1. The van der Waals surface area contributed by atoms with Gasteiger partial charge in [-0.3, -0.25) is 4.79 Å². The number of aryl methyl sites for hydroxylation is 2. The molecule has 1 saturated carbocycles. The van der Waals surface area contributed by atoms with Gasteiger partial charge >= 0.3 is 0 Å². The van der Waals surface area contributed by atoms with Crippen molar-refractivity contribution >= 4 is 11.6 Å². The smallest absolute Gasteiger partial charge is 0.224 e. The molecule has 0 radical (unpaired) electrons. The van der Waals surface area contributed by atoms with Crippen molar-refractivity contribution in [3.8, 4) is 0 Å². The normalized spacial score (nSPS) is 23.1. The zero-order chi connectivity index (χ0) is 13.8. The molecule has 1 amide bonds. The van der Waals surface area contributed by atoms with Gasteiger partial charge in [-0.2, -0.15) is 0 Å². The molecule has 0 spiro atoms. The van der Waals surface area contributed by atoms with Gasteiger partial charge in [0.25, 0.3) is 0 Å². The van der Waals surface area contributed by atoms with Crippen LogP contribution in [0.3, 0.4) is 0 Å². The molecule has 1 fully saturated rings. The van der Waals surface area contributed by atoms with Crippen molar-refractivity contribution < 1.29 is 4.79 Å². The number of hydrogen-bond donors (Lipinski definition) is 2. The predicted molar refractivity (Wildman–Crippen MR) is 79.1 cm³/mol. The maximum atomic E-state index is 12.1. The van der Waals surface area contributed by atoms with Gasteiger partial charge in [0.15, 0.2) is 0 Å². The van der Waals surface area contributed by atoms with E-state index in [4.69, 9.17) is 5.73 Å². The zero-order valence-electron chi connectivity index (χ0n) is 11.9. The Morgan fingerprint density at radius 3 is 2.47 bits per heavy atom. The van der Waals surface area contributed by atoms with E-state index in [1.807, 2.05) is 26.0 Å². The SMILES string of the molecule is Cc1cc(C)cc(NC(=O)CC2CCCCC2N)c1. The van der Waals surface area contributed by atoms with Gasteiger partial charge in [0.1, 0.15) is 0 Å². The van der Waals surface area contributed by atoms with Crippen LogP contribution in [0.15, 0.2) is 18.2 Å². The summed E-state index contributed by atoms with van der Waals surface area (Å²) in [6.45, 7) is 4.08. The van der Waals surface area contributed by atoms with Crippen LogP contribution in [0.2, 0.25) is 0 Å². The van der Waals surface area contributed by atoms with E-state index in [1.165, 1.54) is 24.0 Å². The molecule has 19 heavy (non-hydrogen) atoms. The summed E-state index contributed by atoms with van der Waals surface area (Å²) in [5.74, 6) is 0.437. The van der Waals surface area contributed by atoms with Crippen LogP contribution in [0.25, 0.3) is 0 Å². The fourth-order valence-electron chi connectivity index (χ4n) is 2.99. The monoisotopic (exact) mass is 260 g/mol. The number of anilines is 1. The molecule has 0 heterocycles. The maximum Gasteiger partial charge on any atom is 0.224 e. The molecule has 3 heteroatoms. The maximum absolute atomic E-state index is 12.1. The molecule has 0 aliphatic heterocycles. The summed E-state index contributed by atoms with van der Waals surface area (Å²) in [7, 11) is 0. The second kappa shape index (κ2) is 6.20. The quantitative estimate of drug-likeness (QED) is 0.877. The highest BCUT2D eigenvalue weighted by atomic mass is 16.1. The van der Waals surface area contributed by atoms with Crippen molar-refractivity contribution in [3.63, 3.8) is 0 Å². The number of nitrogens with one attached hydrogen (secondary N) is 1. The first-order valence-electron chi connectivity index (χ1n) is 7.18. The van der Waals surface area contributed by atoms with Crippen molar-refractivity contribution in [2.45, 2.75) is 52.0 Å². The number of benzene rings is 1. The van der Waals surface area contributed by atoms with Gasteiger partial charge in [-0.15, -0.1) is 0 Å². The van der Waals surface area contributed by atoms with E-state index in [9.17, 15) is 4.79 Å². The molecule has 1 aliphatic carbocycles. The first-order chi connectivity index (χ1) is 9.04. The zero-order valence-corrected chi connectivity index (χ0v) is 11.9. The highest BCUT2D eigenvalue weighted by Crippen LogP contribution is 2.26. The molecule has 0 aromatic heterocycles. The minimum atomic E-state index is 0.0901. The Kier molecular flexibility index (Phi) is 4.59. The van der Waals surface area contributed by atoms with Crippen molar-refractivity contribution in [1.29, 1.82) is 0 Å². The van der Waals surface area contributed by atoms with Crippen LogP contribution in [0.5, 0.6) is 0 Å². The Labute approximate surface area is 115 Å². The Morgan fingerprint density at radius 2 is 1.84 bits per heavy atom. The van der Waals surface area contributed by atoms with E-state index in [2.05, 4.69) is 11.4 Å². The molecular weight excluding hydrogens is 236 g/mol. The van der Waals surface area contributed by atoms with Gasteiger partial charge in [0.2, 0.25) is 5.91 Å². The Bertz CT molecular complexity index is 436. The van der Waals surface area contributed by atoms with E-state index in [-0.39, 0.29) is 11.9 Å². The fourth-order valence-corrected chi connectivity index (χ4v) is 2.99. The van der Waals surface area contributed by atoms with Crippen LogP contribution in [0, 0.1) is 19.8 Å². The predicted octanol–water partition coefficient (Wildman–Crippen LogP) is 3.15. The summed E-state index contributed by atoms with van der Waals surface area (Å²) in [6, 6.07) is 6.31. The van der Waals surface area contributed by atoms with Crippen LogP contribution >= 0.6 is 0 Å². The molecule has 1 aromatic rings. The molecule has 0 saturated heterocycles. The van der Waals surface area contributed by atoms with Gasteiger partial charge in [-0.05, 0) is 55.9 Å². The average molecular weight is 260 g/mol. The largest absolute Gasteiger partial charge is 0.327 e. The van der Waals surface area contributed by atoms with Gasteiger partial charge in [0.05, 0.1) is 0 Å². The first-order valence-corrected chi connectivity index (χ1v) is 7.18. The van der Waals surface area contributed by atoms with Crippen molar-refractivity contribution in [1.82, 2.24) is 0 Å². The van der Waals surface area contributed by atoms with Crippen molar-refractivity contribution in [2.24, 2.45) is 11.7 Å². The third-order valence-corrected chi connectivity index (χ3v) is 3.92. The molecule has 0 bridgehead atoms. The summed E-state index contributed by atoms with van der Waals surface area (Å²) in [6.07, 6.45) is 5.10. The van der Waals surface area contributed by atoms with Gasteiger partial charge in [-0.1, -0.05) is 18.9 Å². The average Bonchev–Trinajstić information content (AvgIpc) is 2.30. The standard InChI is InChI=1S/C16H24N2O/c1-11-7-12(2)9-14(8-11)18-16(19)10-13-5-3-4-6-15(13)17/h7-9,13,15H,3-6,10,17H2,1-2H3,(H,18,19). The molecular formula is C16H24N2O. The molecule has 3 nitrogen and oxygen atoms in total. The van der Waals surface area contributed by atoms with E-state index < -0.39 is 0 Å². The lowest BCUT2D eigenvalue weighted by Gasteiger charge is -2.28. The summed E-state index contributed by atoms with van der Waals surface area (Å²) >= 11 is 0. The van der Waals surface area contributed by atoms with Crippen molar-refractivity contribution in [2.75, 3.05) is 5.32 Å². The number of carbonyl (C=O) groups is 1. The van der Waals surface area contributed by atoms with Gasteiger partial charge in [0, 0.05) is 18.2 Å². The number of hydrogen-bond acceptors (Lipinski definition) is 2. The highest BCUT2D eigenvalue weighted by molar-refractivity contribution is 5.91. The molecule has 2 atom stereocenters. The molecule has 104 valence electrons. The van der Waals surface area contributed by atoms with Gasteiger partial charge in [-0.25, -0.2) is 0 Å². The lowest BCUT2D eigenvalue weighted by Crippen LogP contribution is -2.35. The van der Waals surface area contributed by atoms with Crippen molar-refractivity contribution in [3.05, 3.63) is 29.3 Å². The fraction of sp³-hybridized carbons (Fsp3) is 0.562. The number of nitrogens with two attached hydrogens (primary N) is 1.